The van der Waals surface area contributed by atoms with Gasteiger partial charge in [0.1, 0.15) is 12.4 Å². The zero-order chi connectivity index (χ0) is 13.1. The van der Waals surface area contributed by atoms with Crippen LogP contribution in [0.15, 0.2) is 34.7 Å². The molecular weight excluding hydrogens is 275 g/mol. The molecule has 2 rings (SSSR count). The first-order valence-electron chi connectivity index (χ1n) is 5.19. The number of methoxy groups -OCH3 is 1. The van der Waals surface area contributed by atoms with Gasteiger partial charge in [0.2, 0.25) is 5.78 Å². The van der Waals surface area contributed by atoms with Crippen LogP contribution in [0.2, 0.25) is 10.0 Å². The van der Waals surface area contributed by atoms with E-state index in [0.717, 1.165) is 0 Å². The summed E-state index contributed by atoms with van der Waals surface area (Å²) in [6.45, 7) is 0.316. The zero-order valence-corrected chi connectivity index (χ0v) is 11.1. The van der Waals surface area contributed by atoms with Crippen LogP contribution in [-0.2, 0) is 11.3 Å². The fourth-order valence-electron chi connectivity index (χ4n) is 1.52. The second-order valence-electron chi connectivity index (χ2n) is 3.65. The van der Waals surface area contributed by atoms with Crippen molar-refractivity contribution in [3.63, 3.8) is 0 Å². The summed E-state index contributed by atoms with van der Waals surface area (Å²) < 4.78 is 10.3. The number of hydrogen-bond acceptors (Lipinski definition) is 3. The van der Waals surface area contributed by atoms with E-state index in [0.29, 0.717) is 28.0 Å². The van der Waals surface area contributed by atoms with Crippen LogP contribution in [-0.4, -0.2) is 12.9 Å². The largest absolute Gasteiger partial charge is 0.455 e. The third kappa shape index (κ3) is 2.75. The third-order valence-electron chi connectivity index (χ3n) is 2.35. The van der Waals surface area contributed by atoms with Gasteiger partial charge in [0.15, 0.2) is 5.76 Å². The van der Waals surface area contributed by atoms with Crippen LogP contribution < -0.4 is 0 Å². The highest BCUT2D eigenvalue weighted by atomic mass is 35.5. The molecule has 3 nitrogen and oxygen atoms in total. The summed E-state index contributed by atoms with van der Waals surface area (Å²) in [6, 6.07) is 8.00. The van der Waals surface area contributed by atoms with Gasteiger partial charge < -0.3 is 9.15 Å². The van der Waals surface area contributed by atoms with E-state index in [1.54, 1.807) is 31.4 Å². The lowest BCUT2D eigenvalue weighted by Crippen LogP contribution is -2.00. The highest BCUT2D eigenvalue weighted by Crippen LogP contribution is 2.24. The average molecular weight is 285 g/mol. The maximum Gasteiger partial charge on any atom is 0.229 e. The number of carbonyl (C=O) groups excluding carboxylic acids is 1. The number of benzene rings is 1. The molecule has 0 aliphatic carbocycles. The Bertz CT molecular complexity index is 575. The molecule has 94 valence electrons. The summed E-state index contributed by atoms with van der Waals surface area (Å²) in [6.07, 6.45) is 0. The lowest BCUT2D eigenvalue weighted by atomic mass is 10.1. The number of hydrogen-bond donors (Lipinski definition) is 0. The van der Waals surface area contributed by atoms with Crippen LogP contribution in [0.3, 0.4) is 0 Å². The van der Waals surface area contributed by atoms with Crippen molar-refractivity contribution in [2.75, 3.05) is 7.11 Å². The number of furan rings is 1. The minimum atomic E-state index is -0.301. The molecule has 0 fully saturated rings. The quantitative estimate of drug-likeness (QED) is 0.798. The molecule has 0 radical (unpaired) electrons. The number of rotatable bonds is 4. The molecule has 1 heterocycles. The van der Waals surface area contributed by atoms with Crippen LogP contribution in [0.25, 0.3) is 0 Å². The molecule has 0 bridgehead atoms. The molecule has 0 spiro atoms. The van der Waals surface area contributed by atoms with E-state index < -0.39 is 0 Å². The summed E-state index contributed by atoms with van der Waals surface area (Å²) in [5, 5.41) is 0.792. The Kier molecular flexibility index (Phi) is 4.07. The van der Waals surface area contributed by atoms with Crippen molar-refractivity contribution in [1.82, 2.24) is 0 Å². The van der Waals surface area contributed by atoms with Gasteiger partial charge in [0.25, 0.3) is 0 Å². The first kappa shape index (κ1) is 13.1. The Balaban J connectivity index is 2.32. The lowest BCUT2D eigenvalue weighted by Gasteiger charge is -2.01. The maximum absolute atomic E-state index is 12.2. The highest BCUT2D eigenvalue weighted by molar-refractivity contribution is 6.36. The average Bonchev–Trinajstić information content (AvgIpc) is 2.80. The SMILES string of the molecule is COCc1ccc(C(=O)c2cc(Cl)ccc2Cl)o1. The maximum atomic E-state index is 12.2. The van der Waals surface area contributed by atoms with E-state index >= 15 is 0 Å². The molecule has 0 unspecified atom stereocenters. The number of ketones is 1. The normalized spacial score (nSPS) is 10.6. The number of carbonyl (C=O) groups is 1. The van der Waals surface area contributed by atoms with E-state index in [2.05, 4.69) is 0 Å². The van der Waals surface area contributed by atoms with E-state index in [4.69, 9.17) is 32.4 Å². The molecule has 5 heteroatoms. The van der Waals surface area contributed by atoms with E-state index in [9.17, 15) is 4.79 Å². The first-order valence-corrected chi connectivity index (χ1v) is 5.95. The Labute approximate surface area is 114 Å². The molecule has 1 aromatic carbocycles. The summed E-state index contributed by atoms with van der Waals surface area (Å²) in [7, 11) is 1.55. The van der Waals surface area contributed by atoms with Gasteiger partial charge in [-0.1, -0.05) is 23.2 Å². The number of halogens is 2. The molecule has 0 saturated heterocycles. The van der Waals surface area contributed by atoms with Crippen molar-refractivity contribution >= 4 is 29.0 Å². The third-order valence-corrected chi connectivity index (χ3v) is 2.91. The van der Waals surface area contributed by atoms with Gasteiger partial charge in [0, 0.05) is 17.7 Å². The van der Waals surface area contributed by atoms with E-state index in [1.807, 2.05) is 0 Å². The Morgan fingerprint density at radius 2 is 2.06 bits per heavy atom. The summed E-state index contributed by atoms with van der Waals surface area (Å²) in [5.41, 5.74) is 0.322. The molecule has 0 N–H and O–H groups in total. The van der Waals surface area contributed by atoms with E-state index in [1.165, 1.54) is 6.07 Å². The molecule has 1 aromatic heterocycles. The summed E-state index contributed by atoms with van der Waals surface area (Å²) >= 11 is 11.8. The second kappa shape index (κ2) is 5.57. The second-order valence-corrected chi connectivity index (χ2v) is 4.50. The smallest absolute Gasteiger partial charge is 0.229 e. The van der Waals surface area contributed by atoms with Crippen LogP contribution in [0, 0.1) is 0 Å². The molecule has 0 atom stereocenters. The Morgan fingerprint density at radius 1 is 1.28 bits per heavy atom. The predicted molar refractivity (Wildman–Crippen MR) is 69.3 cm³/mol. The predicted octanol–water partition coefficient (Wildman–Crippen LogP) is 3.96. The first-order chi connectivity index (χ1) is 8.61. The van der Waals surface area contributed by atoms with E-state index in [-0.39, 0.29) is 11.5 Å². The van der Waals surface area contributed by atoms with Gasteiger partial charge in [0.05, 0.1) is 5.02 Å². The standard InChI is InChI=1S/C13H10Cl2O3/c1-17-7-9-3-5-12(18-9)13(16)10-6-8(14)2-4-11(10)15/h2-6H,7H2,1H3. The lowest BCUT2D eigenvalue weighted by molar-refractivity contribution is 0.1000. The summed E-state index contributed by atoms with van der Waals surface area (Å²) in [5.74, 6) is 0.495. The van der Waals surface area contributed by atoms with Gasteiger partial charge in [-0.3, -0.25) is 4.79 Å². The monoisotopic (exact) mass is 284 g/mol. The fourth-order valence-corrected chi connectivity index (χ4v) is 1.90. The van der Waals surface area contributed by atoms with Crippen molar-refractivity contribution in [2.45, 2.75) is 6.61 Å². The van der Waals surface area contributed by atoms with Gasteiger partial charge in [-0.05, 0) is 30.3 Å². The van der Waals surface area contributed by atoms with Gasteiger partial charge in [-0.25, -0.2) is 0 Å². The molecule has 18 heavy (non-hydrogen) atoms. The van der Waals surface area contributed by atoms with Crippen LogP contribution in [0.4, 0.5) is 0 Å². The minimum absolute atomic E-state index is 0.214. The van der Waals surface area contributed by atoms with Crippen LogP contribution in [0.5, 0.6) is 0 Å². The van der Waals surface area contributed by atoms with Crippen molar-refractivity contribution in [1.29, 1.82) is 0 Å². The topological polar surface area (TPSA) is 39.4 Å². The highest BCUT2D eigenvalue weighted by Gasteiger charge is 2.17. The Hall–Kier alpha value is -1.29. The van der Waals surface area contributed by atoms with Crippen molar-refractivity contribution in [3.05, 3.63) is 57.5 Å². The van der Waals surface area contributed by atoms with Gasteiger partial charge in [-0.2, -0.15) is 0 Å². The molecule has 0 amide bonds. The molecule has 0 saturated carbocycles. The molecule has 0 aliphatic heterocycles. The Morgan fingerprint density at radius 3 is 2.78 bits per heavy atom. The molecular formula is C13H10Cl2O3. The zero-order valence-electron chi connectivity index (χ0n) is 9.57. The van der Waals surface area contributed by atoms with Crippen molar-refractivity contribution in [2.24, 2.45) is 0 Å². The van der Waals surface area contributed by atoms with Gasteiger partial charge >= 0.3 is 0 Å². The fraction of sp³-hybridized carbons (Fsp3) is 0.154. The van der Waals surface area contributed by atoms with Crippen LogP contribution >= 0.6 is 23.2 Å². The number of ether oxygens (including phenoxy) is 1. The van der Waals surface area contributed by atoms with Crippen molar-refractivity contribution in [3.8, 4) is 0 Å². The minimum Gasteiger partial charge on any atom is -0.455 e. The molecule has 0 aliphatic rings. The van der Waals surface area contributed by atoms with Gasteiger partial charge in [-0.15, -0.1) is 0 Å². The van der Waals surface area contributed by atoms with Crippen LogP contribution in [0.1, 0.15) is 21.9 Å². The summed E-state index contributed by atoms with van der Waals surface area (Å²) in [4.78, 5) is 12.2. The molecule has 2 aromatic rings. The van der Waals surface area contributed by atoms with Crippen molar-refractivity contribution < 1.29 is 13.9 Å².